The molecule has 0 atom stereocenters. The maximum absolute atomic E-state index is 13.2. The highest BCUT2D eigenvalue weighted by Gasteiger charge is 2.18. The molecule has 0 unspecified atom stereocenters. The van der Waals surface area contributed by atoms with Crippen molar-refractivity contribution in [2.24, 2.45) is 0 Å². The highest BCUT2D eigenvalue weighted by Crippen LogP contribution is 2.31. The van der Waals surface area contributed by atoms with Gasteiger partial charge in [-0.2, -0.15) is 5.10 Å². The van der Waals surface area contributed by atoms with Crippen molar-refractivity contribution in [3.05, 3.63) is 75.5 Å². The zero-order valence-corrected chi connectivity index (χ0v) is 16.2. The molecule has 1 amide bonds. The normalized spacial score (nSPS) is 11.1. The van der Waals surface area contributed by atoms with E-state index < -0.39 is 0 Å². The van der Waals surface area contributed by atoms with E-state index in [1.807, 2.05) is 19.9 Å². The van der Waals surface area contributed by atoms with Crippen LogP contribution in [0.15, 0.2) is 48.5 Å². The number of nitrogens with zero attached hydrogens (tertiary/aromatic N) is 2. The van der Waals surface area contributed by atoms with E-state index in [0.29, 0.717) is 9.90 Å². The van der Waals surface area contributed by atoms with Crippen molar-refractivity contribution < 1.29 is 9.18 Å². The van der Waals surface area contributed by atoms with E-state index in [1.54, 1.807) is 35.0 Å². The van der Waals surface area contributed by atoms with Crippen LogP contribution in [0.2, 0.25) is 5.02 Å². The largest absolute Gasteiger partial charge is 0.321 e. The van der Waals surface area contributed by atoms with Crippen LogP contribution < -0.4 is 5.32 Å². The van der Waals surface area contributed by atoms with Crippen LogP contribution in [0.4, 0.5) is 10.1 Å². The number of halogens is 2. The van der Waals surface area contributed by atoms with Crippen molar-refractivity contribution in [3.63, 3.8) is 0 Å². The average Bonchev–Trinajstić information content (AvgIpc) is 3.19. The van der Waals surface area contributed by atoms with E-state index in [-0.39, 0.29) is 11.7 Å². The second kappa shape index (κ2) is 6.79. The first kappa shape index (κ1) is 17.7. The van der Waals surface area contributed by atoms with Gasteiger partial charge in [-0.05, 0) is 67.9 Å². The van der Waals surface area contributed by atoms with Crippen LogP contribution in [0.1, 0.15) is 20.9 Å². The number of carbonyl (C=O) groups is 1. The predicted molar refractivity (Wildman–Crippen MR) is 108 cm³/mol. The van der Waals surface area contributed by atoms with Crippen molar-refractivity contribution in [3.8, 4) is 5.69 Å². The fourth-order valence-electron chi connectivity index (χ4n) is 2.87. The number of benzene rings is 2. The predicted octanol–water partition coefficient (Wildman–Crippen LogP) is 5.75. The van der Waals surface area contributed by atoms with Crippen LogP contribution in [-0.2, 0) is 0 Å². The van der Waals surface area contributed by atoms with Crippen LogP contribution in [0.3, 0.4) is 0 Å². The Kier molecular flexibility index (Phi) is 4.45. The Morgan fingerprint density at radius 3 is 2.59 bits per heavy atom. The van der Waals surface area contributed by atoms with E-state index >= 15 is 0 Å². The van der Waals surface area contributed by atoms with Gasteiger partial charge in [0.2, 0.25) is 0 Å². The third-order valence-electron chi connectivity index (χ3n) is 4.28. The molecule has 1 N–H and O–H groups in total. The van der Waals surface area contributed by atoms with Gasteiger partial charge in [0.25, 0.3) is 5.91 Å². The van der Waals surface area contributed by atoms with Crippen LogP contribution in [0.5, 0.6) is 0 Å². The van der Waals surface area contributed by atoms with Crippen molar-refractivity contribution in [1.82, 2.24) is 9.78 Å². The molecule has 0 saturated heterocycles. The van der Waals surface area contributed by atoms with Crippen LogP contribution >= 0.6 is 22.9 Å². The van der Waals surface area contributed by atoms with Gasteiger partial charge in [-0.25, -0.2) is 9.07 Å². The topological polar surface area (TPSA) is 46.9 Å². The third-order valence-corrected chi connectivity index (χ3v) is 5.62. The number of anilines is 1. The third kappa shape index (κ3) is 3.34. The van der Waals surface area contributed by atoms with Crippen LogP contribution in [-0.4, -0.2) is 15.7 Å². The average molecular weight is 400 g/mol. The Hall–Kier alpha value is -2.70. The summed E-state index contributed by atoms with van der Waals surface area (Å²) in [4.78, 5) is 14.1. The summed E-state index contributed by atoms with van der Waals surface area (Å²) in [6.07, 6.45) is 0. The molecule has 136 valence electrons. The summed E-state index contributed by atoms with van der Waals surface area (Å²) in [6, 6.07) is 13.3. The molecular weight excluding hydrogens is 385 g/mol. The monoisotopic (exact) mass is 399 g/mol. The minimum atomic E-state index is -0.302. The summed E-state index contributed by atoms with van der Waals surface area (Å²) in [5, 5.41) is 8.97. The number of amides is 1. The maximum Gasteiger partial charge on any atom is 0.265 e. The van der Waals surface area contributed by atoms with Gasteiger partial charge in [-0.15, -0.1) is 11.3 Å². The Balaban J connectivity index is 1.70. The number of nitrogens with one attached hydrogen (secondary N) is 1. The fourth-order valence-corrected chi connectivity index (χ4v) is 4.17. The first-order valence-corrected chi connectivity index (χ1v) is 9.44. The second-order valence-corrected chi connectivity index (χ2v) is 7.68. The first-order chi connectivity index (χ1) is 12.9. The number of carbonyl (C=O) groups excluding carboxylic acids is 1. The van der Waals surface area contributed by atoms with Gasteiger partial charge in [-0.3, -0.25) is 4.79 Å². The molecule has 0 spiro atoms. The summed E-state index contributed by atoms with van der Waals surface area (Å²) in [6.45, 7) is 3.78. The highest BCUT2D eigenvalue weighted by molar-refractivity contribution is 7.20. The number of fused-ring (bicyclic) bond motifs is 1. The van der Waals surface area contributed by atoms with E-state index in [4.69, 9.17) is 11.6 Å². The molecule has 7 heteroatoms. The molecule has 0 fully saturated rings. The van der Waals surface area contributed by atoms with E-state index in [1.165, 1.54) is 23.5 Å². The molecule has 0 aliphatic heterocycles. The van der Waals surface area contributed by atoms with Crippen molar-refractivity contribution in [1.29, 1.82) is 0 Å². The number of aryl methyl sites for hydroxylation is 2. The Morgan fingerprint density at radius 2 is 1.89 bits per heavy atom. The zero-order chi connectivity index (χ0) is 19.1. The smallest absolute Gasteiger partial charge is 0.265 e. The second-order valence-electron chi connectivity index (χ2n) is 6.22. The quantitative estimate of drug-likeness (QED) is 0.477. The van der Waals surface area contributed by atoms with Gasteiger partial charge in [0.15, 0.2) is 0 Å². The number of thiophene rings is 1. The Bertz CT molecular complexity index is 1160. The van der Waals surface area contributed by atoms with Gasteiger partial charge in [0.05, 0.1) is 16.3 Å². The van der Waals surface area contributed by atoms with E-state index in [2.05, 4.69) is 10.4 Å². The minimum absolute atomic E-state index is 0.188. The molecule has 2 aromatic heterocycles. The Morgan fingerprint density at radius 1 is 1.15 bits per heavy atom. The molecule has 27 heavy (non-hydrogen) atoms. The maximum atomic E-state index is 13.2. The molecule has 0 aliphatic carbocycles. The molecule has 2 heterocycles. The molecule has 0 aliphatic rings. The van der Waals surface area contributed by atoms with Crippen molar-refractivity contribution in [2.75, 3.05) is 5.32 Å². The van der Waals surface area contributed by atoms with Crippen molar-refractivity contribution in [2.45, 2.75) is 13.8 Å². The fraction of sp³-hybridized carbons (Fsp3) is 0.100. The van der Waals surface area contributed by atoms with Gasteiger partial charge in [0, 0.05) is 16.1 Å². The van der Waals surface area contributed by atoms with Gasteiger partial charge in [-0.1, -0.05) is 11.6 Å². The number of hydrogen-bond donors (Lipinski definition) is 1. The molecule has 0 saturated carbocycles. The highest BCUT2D eigenvalue weighted by atomic mass is 35.5. The lowest BCUT2D eigenvalue weighted by Gasteiger charge is -2.07. The van der Waals surface area contributed by atoms with Gasteiger partial charge >= 0.3 is 0 Å². The first-order valence-electron chi connectivity index (χ1n) is 8.25. The summed E-state index contributed by atoms with van der Waals surface area (Å²) in [5.41, 5.74) is 3.17. The van der Waals surface area contributed by atoms with Crippen molar-refractivity contribution >= 4 is 44.7 Å². The molecule has 0 radical (unpaired) electrons. The molecule has 4 aromatic rings. The summed E-state index contributed by atoms with van der Waals surface area (Å²) in [5.74, 6) is -0.491. The lowest BCUT2D eigenvalue weighted by atomic mass is 10.2. The molecule has 4 rings (SSSR count). The lowest BCUT2D eigenvalue weighted by molar-refractivity contribution is 0.103. The molecular formula is C20H15ClFN3OS. The zero-order valence-electron chi connectivity index (χ0n) is 14.6. The number of hydrogen-bond acceptors (Lipinski definition) is 3. The Labute approximate surface area is 164 Å². The lowest BCUT2D eigenvalue weighted by Crippen LogP contribution is -2.11. The SMILES string of the molecule is Cc1cc(Cl)ccc1NC(=O)c1cc2c(C)nn(-c3ccc(F)cc3)c2s1. The van der Waals surface area contributed by atoms with E-state index in [0.717, 1.165) is 32.8 Å². The number of aromatic nitrogens is 2. The summed E-state index contributed by atoms with van der Waals surface area (Å²) >= 11 is 7.32. The molecule has 0 bridgehead atoms. The summed E-state index contributed by atoms with van der Waals surface area (Å²) < 4.78 is 14.9. The summed E-state index contributed by atoms with van der Waals surface area (Å²) in [7, 11) is 0. The van der Waals surface area contributed by atoms with Gasteiger partial charge < -0.3 is 5.32 Å². The van der Waals surface area contributed by atoms with Crippen LogP contribution in [0, 0.1) is 19.7 Å². The van der Waals surface area contributed by atoms with Crippen LogP contribution in [0.25, 0.3) is 15.9 Å². The molecule has 4 nitrogen and oxygen atoms in total. The number of rotatable bonds is 3. The standard InChI is InChI=1S/C20H15ClFN3OS/c1-11-9-13(21)3-8-17(11)23-19(26)18-10-16-12(2)24-25(20(16)27-18)15-6-4-14(22)5-7-15/h3-10H,1-2H3,(H,23,26). The van der Waals surface area contributed by atoms with Gasteiger partial charge in [0.1, 0.15) is 10.6 Å². The molecule has 2 aromatic carbocycles. The minimum Gasteiger partial charge on any atom is -0.321 e. The van der Waals surface area contributed by atoms with E-state index in [9.17, 15) is 9.18 Å².